The fourth-order valence-electron chi connectivity index (χ4n) is 4.64. The molecule has 2 aromatic carbocycles. The third-order valence-electron chi connectivity index (χ3n) is 6.51. The summed E-state index contributed by atoms with van der Waals surface area (Å²) in [6.07, 6.45) is 2.27. The first-order valence-corrected chi connectivity index (χ1v) is 12.9. The van der Waals surface area contributed by atoms with Crippen molar-refractivity contribution in [2.45, 2.75) is 32.1 Å². The number of likely N-dealkylation sites (tertiary alicyclic amines) is 1. The van der Waals surface area contributed by atoms with Gasteiger partial charge in [0.25, 0.3) is 0 Å². The zero-order chi connectivity index (χ0) is 24.5. The summed E-state index contributed by atoms with van der Waals surface area (Å²) >= 11 is -1.21. The van der Waals surface area contributed by atoms with Crippen LogP contribution in [0.5, 0.6) is 0 Å². The van der Waals surface area contributed by atoms with Crippen LogP contribution in [0.2, 0.25) is 0 Å². The second kappa shape index (κ2) is 9.83. The third kappa shape index (κ3) is 4.97. The number of aromatic nitrogens is 1. The number of nitrogens with one attached hydrogen (secondary N) is 1. The lowest BCUT2D eigenvalue weighted by Gasteiger charge is -2.32. The van der Waals surface area contributed by atoms with Crippen LogP contribution in [0.15, 0.2) is 74.9 Å². The van der Waals surface area contributed by atoms with Gasteiger partial charge in [-0.15, -0.1) is 0 Å². The summed E-state index contributed by atoms with van der Waals surface area (Å²) in [6.45, 7) is 7.44. The molecule has 0 saturated carbocycles. The molecule has 9 heteroatoms. The summed E-state index contributed by atoms with van der Waals surface area (Å²) in [5.41, 5.74) is 2.69. The van der Waals surface area contributed by atoms with Gasteiger partial charge in [-0.05, 0) is 67.3 Å². The molecule has 0 amide bonds. The topological polar surface area (TPSA) is 76.7 Å². The molecule has 3 heterocycles. The monoisotopic (exact) mass is 496 g/mol. The number of benzene rings is 2. The van der Waals surface area contributed by atoms with E-state index in [2.05, 4.69) is 22.0 Å². The smallest absolute Gasteiger partial charge is 0.198 e. The Kier molecular flexibility index (Phi) is 6.62. The van der Waals surface area contributed by atoms with Gasteiger partial charge in [0.15, 0.2) is 16.3 Å². The average molecular weight is 497 g/mol. The highest BCUT2D eigenvalue weighted by atomic mass is 32.2. The number of anilines is 1. The van der Waals surface area contributed by atoms with Crippen molar-refractivity contribution in [1.82, 2.24) is 10.1 Å². The molecule has 6 nitrogen and oxygen atoms in total. The number of amidine groups is 1. The minimum Gasteiger partial charge on any atom is -0.611 e. The van der Waals surface area contributed by atoms with Crippen LogP contribution < -0.4 is 5.32 Å². The number of piperidine rings is 1. The second-order valence-electron chi connectivity index (χ2n) is 8.84. The lowest BCUT2D eigenvalue weighted by Crippen LogP contribution is -2.37. The normalized spacial score (nSPS) is 21.1. The van der Waals surface area contributed by atoms with E-state index in [0.717, 1.165) is 48.4 Å². The Balaban J connectivity index is 1.36. The summed E-state index contributed by atoms with van der Waals surface area (Å²) in [7, 11) is 0. The molecule has 2 saturated heterocycles. The van der Waals surface area contributed by atoms with E-state index in [-0.39, 0.29) is 17.6 Å². The number of fused-ring (bicyclic) bond motifs is 1. The lowest BCUT2D eigenvalue weighted by molar-refractivity contribution is 0.302. The minimum atomic E-state index is -1.21. The highest BCUT2D eigenvalue weighted by molar-refractivity contribution is 7.95. The van der Waals surface area contributed by atoms with Crippen LogP contribution in [0.1, 0.15) is 37.8 Å². The first-order chi connectivity index (χ1) is 16.9. The predicted molar refractivity (Wildman–Crippen MR) is 134 cm³/mol. The molecule has 2 aliphatic heterocycles. The van der Waals surface area contributed by atoms with Gasteiger partial charge in [0.2, 0.25) is 0 Å². The van der Waals surface area contributed by atoms with E-state index in [1.54, 1.807) is 18.2 Å². The predicted octanol–water partition coefficient (Wildman–Crippen LogP) is 5.69. The quantitative estimate of drug-likeness (QED) is 0.285. The maximum Gasteiger partial charge on any atom is 0.198 e. The maximum atomic E-state index is 13.8. The molecule has 1 aromatic heterocycles. The molecular formula is C26H26F2N4O2S. The van der Waals surface area contributed by atoms with E-state index < -0.39 is 11.2 Å². The van der Waals surface area contributed by atoms with E-state index in [1.807, 2.05) is 6.92 Å². The number of rotatable bonds is 4. The van der Waals surface area contributed by atoms with Crippen molar-refractivity contribution in [2.75, 3.05) is 24.2 Å². The molecule has 0 bridgehead atoms. The zero-order valence-electron chi connectivity index (χ0n) is 19.4. The molecule has 1 atom stereocenters. The fourth-order valence-corrected chi connectivity index (χ4v) is 6.01. The lowest BCUT2D eigenvalue weighted by atomic mass is 9.91. The Morgan fingerprint density at radius 3 is 2.69 bits per heavy atom. The van der Waals surface area contributed by atoms with E-state index in [9.17, 15) is 13.3 Å². The molecular weight excluding hydrogens is 470 g/mol. The molecule has 0 radical (unpaired) electrons. The Morgan fingerprint density at radius 1 is 1.20 bits per heavy atom. The van der Waals surface area contributed by atoms with Crippen LogP contribution in [0.4, 0.5) is 14.5 Å². The SMILES string of the molecule is C=C1CC[S+]([O-])/C1=C(/N=C(\C)N1CCC(c2noc3ccc(F)cc23)CC1)Nc1cccc(F)c1. The molecule has 1 N–H and O–H groups in total. The van der Waals surface area contributed by atoms with E-state index in [1.165, 1.54) is 24.3 Å². The number of hydrogen-bond donors (Lipinski definition) is 1. The summed E-state index contributed by atoms with van der Waals surface area (Å²) in [5.74, 6) is 1.20. The van der Waals surface area contributed by atoms with Gasteiger partial charge in [-0.25, -0.2) is 13.8 Å². The first kappa shape index (κ1) is 23.6. The standard InChI is InChI=1S/C26H26F2N4O2S/c1-16-10-13-35(33)25(16)26(30-21-5-3-4-19(27)14-21)29-17(2)32-11-8-18(9-12-32)24-22-15-20(28)6-7-23(22)34-31-24/h3-7,14-15,18,30H,1,8-13H2,2H3/b26-25-,29-17+. The van der Waals surface area contributed by atoms with Crippen molar-refractivity contribution >= 4 is 33.7 Å². The Labute approximate surface area is 205 Å². The molecule has 2 aliphatic rings. The molecule has 35 heavy (non-hydrogen) atoms. The van der Waals surface area contributed by atoms with Gasteiger partial charge in [0, 0.05) is 42.1 Å². The van der Waals surface area contributed by atoms with Crippen molar-refractivity contribution in [3.05, 3.63) is 82.7 Å². The maximum absolute atomic E-state index is 13.8. The van der Waals surface area contributed by atoms with Gasteiger partial charge in [-0.2, -0.15) is 0 Å². The number of aliphatic imine (C=N–C) groups is 1. The Bertz CT molecular complexity index is 1330. The van der Waals surface area contributed by atoms with Crippen LogP contribution in [0, 0.1) is 11.6 Å². The van der Waals surface area contributed by atoms with Gasteiger partial charge in [0.1, 0.15) is 23.2 Å². The van der Waals surface area contributed by atoms with Gasteiger partial charge in [0.05, 0.1) is 5.69 Å². The summed E-state index contributed by atoms with van der Waals surface area (Å²) < 4.78 is 45.6. The molecule has 5 rings (SSSR count). The number of hydrogen-bond acceptors (Lipinski definition) is 5. The van der Waals surface area contributed by atoms with E-state index >= 15 is 0 Å². The van der Waals surface area contributed by atoms with Crippen LogP contribution in [-0.2, 0) is 11.2 Å². The molecule has 182 valence electrons. The fraction of sp³-hybridized carbons (Fsp3) is 0.308. The summed E-state index contributed by atoms with van der Waals surface area (Å²) in [6, 6.07) is 10.6. The Hall–Kier alpha value is -3.17. The molecule has 0 aliphatic carbocycles. The van der Waals surface area contributed by atoms with Crippen molar-refractivity contribution < 1.29 is 17.9 Å². The largest absolute Gasteiger partial charge is 0.611 e. The molecule has 0 spiro atoms. The highest BCUT2D eigenvalue weighted by Gasteiger charge is 2.32. The van der Waals surface area contributed by atoms with Crippen molar-refractivity contribution in [1.29, 1.82) is 0 Å². The van der Waals surface area contributed by atoms with Crippen LogP contribution in [0.25, 0.3) is 11.0 Å². The van der Waals surface area contributed by atoms with Crippen molar-refractivity contribution in [3.63, 3.8) is 0 Å². The van der Waals surface area contributed by atoms with Crippen LogP contribution >= 0.6 is 0 Å². The second-order valence-corrected chi connectivity index (χ2v) is 10.4. The van der Waals surface area contributed by atoms with Crippen molar-refractivity contribution in [3.8, 4) is 0 Å². The van der Waals surface area contributed by atoms with E-state index in [4.69, 9.17) is 9.52 Å². The van der Waals surface area contributed by atoms with Gasteiger partial charge < -0.3 is 19.3 Å². The summed E-state index contributed by atoms with van der Waals surface area (Å²) in [5, 5.41) is 8.11. The Morgan fingerprint density at radius 2 is 1.97 bits per heavy atom. The first-order valence-electron chi connectivity index (χ1n) is 11.6. The number of halogens is 2. The third-order valence-corrected chi connectivity index (χ3v) is 8.03. The molecule has 1 unspecified atom stereocenters. The highest BCUT2D eigenvalue weighted by Crippen LogP contribution is 2.35. The van der Waals surface area contributed by atoms with Crippen LogP contribution in [0.3, 0.4) is 0 Å². The number of allylic oxidation sites excluding steroid dienone is 1. The van der Waals surface area contributed by atoms with Crippen LogP contribution in [-0.4, -0.2) is 39.3 Å². The van der Waals surface area contributed by atoms with Gasteiger partial charge >= 0.3 is 0 Å². The van der Waals surface area contributed by atoms with Gasteiger partial charge in [-0.1, -0.05) is 17.8 Å². The van der Waals surface area contributed by atoms with Gasteiger partial charge in [-0.3, -0.25) is 0 Å². The molecule has 2 fully saturated rings. The molecule has 3 aromatic rings. The summed E-state index contributed by atoms with van der Waals surface area (Å²) in [4.78, 5) is 7.55. The average Bonchev–Trinajstić information content (AvgIpc) is 3.41. The zero-order valence-corrected chi connectivity index (χ0v) is 20.2. The van der Waals surface area contributed by atoms with E-state index in [0.29, 0.717) is 34.2 Å². The number of nitrogens with zero attached hydrogens (tertiary/aromatic N) is 3. The van der Waals surface area contributed by atoms with Crippen molar-refractivity contribution in [2.24, 2.45) is 4.99 Å². The minimum absolute atomic E-state index is 0.160.